The third-order valence-electron chi connectivity index (χ3n) is 5.57. The Hall–Kier alpha value is -3.23. The summed E-state index contributed by atoms with van der Waals surface area (Å²) in [5, 5.41) is 11.7. The molecule has 1 atom stereocenters. The summed E-state index contributed by atoms with van der Waals surface area (Å²) < 4.78 is 21.9. The van der Waals surface area contributed by atoms with Crippen LogP contribution in [0.15, 0.2) is 42.0 Å². The predicted octanol–water partition coefficient (Wildman–Crippen LogP) is 4.46. The summed E-state index contributed by atoms with van der Waals surface area (Å²) in [6.07, 6.45) is 0. The van der Waals surface area contributed by atoms with E-state index in [2.05, 4.69) is 0 Å². The summed E-state index contributed by atoms with van der Waals surface area (Å²) >= 11 is 6.16. The maximum absolute atomic E-state index is 13.2. The number of Topliss-reactive ketones (excluding diaryl/α,β-unsaturated/α-hetero) is 1. The second-order valence-corrected chi connectivity index (χ2v) is 8.88. The summed E-state index contributed by atoms with van der Waals surface area (Å²) in [6.45, 7) is 4.84. The highest BCUT2D eigenvalue weighted by Gasteiger charge is 2.46. The Balaban J connectivity index is 2.22. The molecule has 0 radical (unpaired) electrons. The number of carbonyl (C=O) groups excluding carboxylic acids is 2. The largest absolute Gasteiger partial charge is 0.507 e. The molecule has 2 aromatic carbocycles. The molecule has 2 aromatic rings. The first-order chi connectivity index (χ1) is 16.7. The number of rotatable bonds is 10. The average Bonchev–Trinajstić information content (AvgIpc) is 3.10. The second kappa shape index (κ2) is 11.5. The lowest BCUT2D eigenvalue weighted by Crippen LogP contribution is -2.32. The van der Waals surface area contributed by atoms with E-state index in [9.17, 15) is 14.7 Å². The van der Waals surface area contributed by atoms with Gasteiger partial charge in [-0.05, 0) is 41.8 Å². The van der Waals surface area contributed by atoms with Crippen LogP contribution in [0.2, 0.25) is 5.02 Å². The first-order valence-electron chi connectivity index (χ1n) is 11.1. The van der Waals surface area contributed by atoms with E-state index < -0.39 is 17.7 Å². The predicted molar refractivity (Wildman–Crippen MR) is 132 cm³/mol. The monoisotopic (exact) mass is 503 g/mol. The van der Waals surface area contributed by atoms with Crippen LogP contribution >= 0.6 is 11.6 Å². The molecule has 0 aliphatic carbocycles. The number of ether oxygens (including phenoxy) is 4. The molecule has 1 unspecified atom stereocenters. The van der Waals surface area contributed by atoms with Crippen molar-refractivity contribution in [1.82, 2.24) is 4.90 Å². The van der Waals surface area contributed by atoms with Gasteiger partial charge < -0.3 is 29.0 Å². The Labute approximate surface area is 210 Å². The van der Waals surface area contributed by atoms with Gasteiger partial charge in [0.25, 0.3) is 11.7 Å². The SMILES string of the molecule is COCCN1C(=O)C(=O)/C(=C(/O)c2cc(Cl)ccc2OC)C1c1ccc(OC)c(OCC(C)C)c1. The molecule has 35 heavy (non-hydrogen) atoms. The summed E-state index contributed by atoms with van der Waals surface area (Å²) in [4.78, 5) is 27.6. The molecule has 1 amide bonds. The number of ketones is 1. The van der Waals surface area contributed by atoms with Gasteiger partial charge in [-0.25, -0.2) is 0 Å². The molecule has 188 valence electrons. The van der Waals surface area contributed by atoms with E-state index in [1.54, 1.807) is 30.3 Å². The highest BCUT2D eigenvalue weighted by atomic mass is 35.5. The standard InChI is InChI=1S/C26H30ClNO7/c1-15(2)14-35-21-12-16(6-8-20(21)34-5)23-22(25(30)26(31)28(23)10-11-32-3)24(29)18-13-17(27)7-9-19(18)33-4/h6-9,12-13,15,23,29H,10-11,14H2,1-5H3/b24-22+. The van der Waals surface area contributed by atoms with Crippen LogP contribution in [0.1, 0.15) is 31.0 Å². The summed E-state index contributed by atoms with van der Waals surface area (Å²) in [5.41, 5.74) is 0.702. The van der Waals surface area contributed by atoms with Gasteiger partial charge in [-0.15, -0.1) is 0 Å². The zero-order valence-corrected chi connectivity index (χ0v) is 21.2. The quantitative estimate of drug-likeness (QED) is 0.290. The van der Waals surface area contributed by atoms with Crippen molar-refractivity contribution in [3.05, 3.63) is 58.1 Å². The van der Waals surface area contributed by atoms with Crippen LogP contribution in [0, 0.1) is 5.92 Å². The van der Waals surface area contributed by atoms with E-state index in [0.717, 1.165) is 0 Å². The number of hydrogen-bond donors (Lipinski definition) is 1. The summed E-state index contributed by atoms with van der Waals surface area (Å²) in [5.74, 6) is -0.374. The van der Waals surface area contributed by atoms with Crippen molar-refractivity contribution in [1.29, 1.82) is 0 Å². The van der Waals surface area contributed by atoms with E-state index in [0.29, 0.717) is 34.4 Å². The third-order valence-corrected chi connectivity index (χ3v) is 5.80. The van der Waals surface area contributed by atoms with E-state index in [-0.39, 0.29) is 36.0 Å². The fourth-order valence-electron chi connectivity index (χ4n) is 3.89. The molecule has 0 saturated carbocycles. The van der Waals surface area contributed by atoms with Gasteiger partial charge in [-0.1, -0.05) is 31.5 Å². The zero-order chi connectivity index (χ0) is 25.7. The first kappa shape index (κ1) is 26.4. The van der Waals surface area contributed by atoms with Crippen molar-refractivity contribution in [3.63, 3.8) is 0 Å². The second-order valence-electron chi connectivity index (χ2n) is 8.45. The van der Waals surface area contributed by atoms with Crippen LogP contribution in [0.4, 0.5) is 0 Å². The molecule has 1 saturated heterocycles. The number of aliphatic hydroxyl groups is 1. The number of methoxy groups -OCH3 is 3. The number of hydrogen-bond acceptors (Lipinski definition) is 7. The van der Waals surface area contributed by atoms with Crippen LogP contribution < -0.4 is 14.2 Å². The van der Waals surface area contributed by atoms with Crippen molar-refractivity contribution in [2.45, 2.75) is 19.9 Å². The minimum atomic E-state index is -0.888. The van der Waals surface area contributed by atoms with Crippen LogP contribution in [0.5, 0.6) is 17.2 Å². The van der Waals surface area contributed by atoms with Crippen molar-refractivity contribution >= 4 is 29.1 Å². The average molecular weight is 504 g/mol. The molecule has 9 heteroatoms. The minimum Gasteiger partial charge on any atom is -0.507 e. The topological polar surface area (TPSA) is 94.5 Å². The number of benzene rings is 2. The number of carbonyl (C=O) groups is 2. The van der Waals surface area contributed by atoms with Crippen molar-refractivity contribution in [2.24, 2.45) is 5.92 Å². The van der Waals surface area contributed by atoms with Gasteiger partial charge in [-0.3, -0.25) is 9.59 Å². The van der Waals surface area contributed by atoms with Crippen LogP contribution in [-0.2, 0) is 14.3 Å². The third kappa shape index (κ3) is 5.55. The van der Waals surface area contributed by atoms with Gasteiger partial charge in [0, 0.05) is 18.7 Å². The van der Waals surface area contributed by atoms with Gasteiger partial charge in [-0.2, -0.15) is 0 Å². The number of aliphatic hydroxyl groups excluding tert-OH is 1. The fraction of sp³-hybridized carbons (Fsp3) is 0.385. The molecule has 1 aliphatic rings. The van der Waals surface area contributed by atoms with Crippen molar-refractivity contribution < 1.29 is 33.6 Å². The number of nitrogens with zero attached hydrogens (tertiary/aromatic N) is 1. The molecule has 1 fully saturated rings. The van der Waals surface area contributed by atoms with E-state index in [4.69, 9.17) is 30.5 Å². The lowest BCUT2D eigenvalue weighted by molar-refractivity contribution is -0.140. The number of halogens is 1. The maximum Gasteiger partial charge on any atom is 0.295 e. The highest BCUT2D eigenvalue weighted by Crippen LogP contribution is 2.43. The molecule has 0 bridgehead atoms. The van der Waals surface area contributed by atoms with Crippen LogP contribution in [0.25, 0.3) is 5.76 Å². The Morgan fingerprint density at radius 3 is 2.34 bits per heavy atom. The Morgan fingerprint density at radius 2 is 1.71 bits per heavy atom. The minimum absolute atomic E-state index is 0.0772. The fourth-order valence-corrected chi connectivity index (χ4v) is 4.06. The summed E-state index contributed by atoms with van der Waals surface area (Å²) in [7, 11) is 4.48. The molecular weight excluding hydrogens is 474 g/mol. The van der Waals surface area contributed by atoms with Gasteiger partial charge in [0.05, 0.1) is 44.6 Å². The first-order valence-corrected chi connectivity index (χ1v) is 11.5. The van der Waals surface area contributed by atoms with Gasteiger partial charge >= 0.3 is 0 Å². The summed E-state index contributed by atoms with van der Waals surface area (Å²) in [6, 6.07) is 8.95. The molecule has 0 aromatic heterocycles. The molecule has 1 heterocycles. The molecule has 1 N–H and O–H groups in total. The Morgan fingerprint density at radius 1 is 1.03 bits per heavy atom. The maximum atomic E-state index is 13.2. The Bertz CT molecular complexity index is 1130. The van der Waals surface area contributed by atoms with E-state index in [1.165, 1.54) is 32.3 Å². The molecule has 1 aliphatic heterocycles. The van der Waals surface area contributed by atoms with Crippen molar-refractivity contribution in [2.75, 3.05) is 41.1 Å². The van der Waals surface area contributed by atoms with Crippen molar-refractivity contribution in [3.8, 4) is 17.2 Å². The highest BCUT2D eigenvalue weighted by molar-refractivity contribution is 6.46. The van der Waals surface area contributed by atoms with Gasteiger partial charge in [0.1, 0.15) is 11.5 Å². The molecule has 8 nitrogen and oxygen atoms in total. The van der Waals surface area contributed by atoms with Crippen LogP contribution in [0.3, 0.4) is 0 Å². The van der Waals surface area contributed by atoms with E-state index in [1.807, 2.05) is 13.8 Å². The molecular formula is C26H30ClNO7. The number of amides is 1. The number of likely N-dealkylation sites (tertiary alicyclic amines) is 1. The normalized spacial score (nSPS) is 17.2. The smallest absolute Gasteiger partial charge is 0.295 e. The zero-order valence-electron chi connectivity index (χ0n) is 20.5. The molecule has 0 spiro atoms. The molecule has 3 rings (SSSR count). The van der Waals surface area contributed by atoms with Gasteiger partial charge in [0.2, 0.25) is 0 Å². The lowest BCUT2D eigenvalue weighted by Gasteiger charge is -2.26. The lowest BCUT2D eigenvalue weighted by atomic mass is 9.94. The van der Waals surface area contributed by atoms with Gasteiger partial charge in [0.15, 0.2) is 11.5 Å². The Kier molecular flexibility index (Phi) is 8.64. The van der Waals surface area contributed by atoms with Crippen LogP contribution in [-0.4, -0.2) is 62.8 Å². The van der Waals surface area contributed by atoms with E-state index >= 15 is 0 Å².